The summed E-state index contributed by atoms with van der Waals surface area (Å²) in [6, 6.07) is 8.05. The lowest BCUT2D eigenvalue weighted by molar-refractivity contribution is 0.0709. The maximum absolute atomic E-state index is 5.89. The van der Waals surface area contributed by atoms with E-state index in [-0.39, 0.29) is 0 Å². The molecule has 6 rings (SSSR count). The molecule has 0 spiro atoms. The van der Waals surface area contributed by atoms with Crippen molar-refractivity contribution in [1.82, 2.24) is 4.98 Å². The van der Waals surface area contributed by atoms with Gasteiger partial charge in [-0.05, 0) is 67.9 Å². The van der Waals surface area contributed by atoms with Crippen LogP contribution in [-0.2, 0) is 0 Å². The van der Waals surface area contributed by atoms with Crippen LogP contribution >= 0.6 is 0 Å². The summed E-state index contributed by atoms with van der Waals surface area (Å²) in [5.74, 6) is 4.48. The van der Waals surface area contributed by atoms with Gasteiger partial charge in [-0.2, -0.15) is 0 Å². The molecular weight excluding hydrogens is 246 g/mol. The van der Waals surface area contributed by atoms with Crippen molar-refractivity contribution in [3.05, 3.63) is 35.7 Å². The molecule has 2 aromatic rings. The third-order valence-corrected chi connectivity index (χ3v) is 5.68. The van der Waals surface area contributed by atoms with Gasteiger partial charge in [0, 0.05) is 6.08 Å². The Morgan fingerprint density at radius 2 is 1.65 bits per heavy atom. The number of para-hydroxylation sites is 2. The second-order valence-corrected chi connectivity index (χ2v) is 6.97. The molecular formula is C18H19NO. The van der Waals surface area contributed by atoms with Crippen molar-refractivity contribution in [3.63, 3.8) is 0 Å². The number of fused-ring (bicyclic) bond motifs is 1. The lowest BCUT2D eigenvalue weighted by Gasteiger charge is -2.51. The molecule has 0 aliphatic heterocycles. The molecule has 1 heterocycles. The van der Waals surface area contributed by atoms with Gasteiger partial charge in [0.1, 0.15) is 5.52 Å². The molecule has 0 N–H and O–H groups in total. The summed E-state index contributed by atoms with van der Waals surface area (Å²) >= 11 is 0. The highest BCUT2D eigenvalue weighted by atomic mass is 16.3. The minimum atomic E-state index is 0.814. The fraction of sp³-hybridized carbons (Fsp3) is 0.500. The highest BCUT2D eigenvalue weighted by Crippen LogP contribution is 2.56. The zero-order valence-electron chi connectivity index (χ0n) is 11.6. The predicted molar refractivity (Wildman–Crippen MR) is 79.0 cm³/mol. The number of rotatable bonds is 1. The van der Waals surface area contributed by atoms with Crippen LogP contribution in [0.15, 0.2) is 34.3 Å². The van der Waals surface area contributed by atoms with Crippen molar-refractivity contribution in [2.45, 2.75) is 32.1 Å². The molecule has 1 aromatic heterocycles. The Morgan fingerprint density at radius 3 is 2.35 bits per heavy atom. The Bertz CT molecular complexity index is 633. The van der Waals surface area contributed by atoms with E-state index in [2.05, 4.69) is 11.1 Å². The van der Waals surface area contributed by atoms with Crippen molar-refractivity contribution in [2.24, 2.45) is 23.7 Å². The number of benzene rings is 1. The van der Waals surface area contributed by atoms with Gasteiger partial charge in [0.25, 0.3) is 0 Å². The first-order valence-corrected chi connectivity index (χ1v) is 7.92. The van der Waals surface area contributed by atoms with E-state index >= 15 is 0 Å². The average Bonchev–Trinajstić information content (AvgIpc) is 2.84. The highest BCUT2D eigenvalue weighted by molar-refractivity contribution is 5.73. The fourth-order valence-electron chi connectivity index (χ4n) is 5.06. The maximum atomic E-state index is 5.89. The molecule has 4 saturated carbocycles. The number of nitrogens with zero attached hydrogens (tertiary/aromatic N) is 1. The minimum absolute atomic E-state index is 0.814. The maximum Gasteiger partial charge on any atom is 0.219 e. The molecule has 2 heteroatoms. The number of allylic oxidation sites excluding steroid dienone is 1. The van der Waals surface area contributed by atoms with E-state index in [0.717, 1.165) is 40.7 Å². The summed E-state index contributed by atoms with van der Waals surface area (Å²) in [5, 5.41) is 0. The third kappa shape index (κ3) is 1.60. The molecule has 2 nitrogen and oxygen atoms in total. The van der Waals surface area contributed by atoms with Crippen LogP contribution in [0.2, 0.25) is 0 Å². The molecule has 1 aromatic carbocycles. The molecule has 4 fully saturated rings. The van der Waals surface area contributed by atoms with Gasteiger partial charge in [0.05, 0.1) is 0 Å². The number of hydrogen-bond acceptors (Lipinski definition) is 2. The molecule has 0 saturated heterocycles. The number of hydrogen-bond donors (Lipinski definition) is 0. The van der Waals surface area contributed by atoms with Crippen LogP contribution in [0.1, 0.15) is 38.0 Å². The normalized spacial score (nSPS) is 34.9. The molecule has 102 valence electrons. The number of oxazole rings is 1. The first-order valence-electron chi connectivity index (χ1n) is 7.92. The van der Waals surface area contributed by atoms with Gasteiger partial charge in [-0.3, -0.25) is 0 Å². The lowest BCUT2D eigenvalue weighted by Crippen LogP contribution is -2.40. The Kier molecular flexibility index (Phi) is 2.21. The van der Waals surface area contributed by atoms with E-state index in [1.807, 2.05) is 24.3 Å². The zero-order chi connectivity index (χ0) is 13.1. The fourth-order valence-corrected chi connectivity index (χ4v) is 5.06. The standard InChI is InChI=1S/C18H19NO/c1-2-4-17-16(3-1)19-18(20-17)10-15-13-6-11-5-12(8-13)9-14(15)7-11/h1-4,10-14H,5-9H2. The van der Waals surface area contributed by atoms with Crippen LogP contribution in [0.5, 0.6) is 0 Å². The van der Waals surface area contributed by atoms with Gasteiger partial charge in [-0.25, -0.2) is 4.98 Å². The van der Waals surface area contributed by atoms with Gasteiger partial charge in [-0.15, -0.1) is 0 Å². The van der Waals surface area contributed by atoms with E-state index in [0.29, 0.717) is 0 Å². The first-order chi connectivity index (χ1) is 9.85. The van der Waals surface area contributed by atoms with Gasteiger partial charge in [0.2, 0.25) is 5.89 Å². The van der Waals surface area contributed by atoms with Crippen molar-refractivity contribution in [3.8, 4) is 0 Å². The summed E-state index contributed by atoms with van der Waals surface area (Å²) < 4.78 is 5.89. The Morgan fingerprint density at radius 1 is 0.950 bits per heavy atom. The largest absolute Gasteiger partial charge is 0.437 e. The summed E-state index contributed by atoms with van der Waals surface area (Å²) in [6.45, 7) is 0. The Balaban J connectivity index is 1.55. The summed E-state index contributed by atoms with van der Waals surface area (Å²) in [6.07, 6.45) is 9.44. The third-order valence-electron chi connectivity index (χ3n) is 5.68. The lowest BCUT2D eigenvalue weighted by atomic mass is 9.54. The van der Waals surface area contributed by atoms with E-state index in [4.69, 9.17) is 4.42 Å². The second-order valence-electron chi connectivity index (χ2n) is 6.97. The van der Waals surface area contributed by atoms with E-state index < -0.39 is 0 Å². The topological polar surface area (TPSA) is 26.0 Å². The number of aromatic nitrogens is 1. The van der Waals surface area contributed by atoms with Gasteiger partial charge in [0.15, 0.2) is 5.58 Å². The zero-order valence-corrected chi connectivity index (χ0v) is 11.6. The SMILES string of the molecule is C(=C1C2CC3CC(C2)CC1C3)c1nc2ccccc2o1. The van der Waals surface area contributed by atoms with Crippen LogP contribution in [0, 0.1) is 23.7 Å². The van der Waals surface area contributed by atoms with E-state index in [1.54, 1.807) is 5.57 Å². The van der Waals surface area contributed by atoms with Gasteiger partial charge < -0.3 is 4.42 Å². The smallest absolute Gasteiger partial charge is 0.219 e. The van der Waals surface area contributed by atoms with E-state index in [9.17, 15) is 0 Å². The van der Waals surface area contributed by atoms with Crippen LogP contribution in [-0.4, -0.2) is 4.98 Å². The molecule has 4 aliphatic rings. The van der Waals surface area contributed by atoms with Crippen LogP contribution in [0.4, 0.5) is 0 Å². The molecule has 0 atom stereocenters. The van der Waals surface area contributed by atoms with Crippen molar-refractivity contribution in [2.75, 3.05) is 0 Å². The van der Waals surface area contributed by atoms with Gasteiger partial charge in [-0.1, -0.05) is 17.7 Å². The van der Waals surface area contributed by atoms with Crippen molar-refractivity contribution in [1.29, 1.82) is 0 Å². The van der Waals surface area contributed by atoms with Crippen LogP contribution < -0.4 is 0 Å². The quantitative estimate of drug-likeness (QED) is 0.749. The summed E-state index contributed by atoms with van der Waals surface area (Å²) in [4.78, 5) is 4.62. The second kappa shape index (κ2) is 3.97. The van der Waals surface area contributed by atoms with E-state index in [1.165, 1.54) is 32.1 Å². The average molecular weight is 265 g/mol. The Hall–Kier alpha value is -1.57. The molecule has 0 unspecified atom stereocenters. The Labute approximate surface area is 118 Å². The summed E-state index contributed by atoms with van der Waals surface area (Å²) in [5.41, 5.74) is 3.52. The minimum Gasteiger partial charge on any atom is -0.437 e. The molecule has 20 heavy (non-hydrogen) atoms. The van der Waals surface area contributed by atoms with Gasteiger partial charge >= 0.3 is 0 Å². The first kappa shape index (κ1) is 11.1. The van der Waals surface area contributed by atoms with Crippen LogP contribution in [0.3, 0.4) is 0 Å². The monoisotopic (exact) mass is 265 g/mol. The molecule has 0 amide bonds. The van der Waals surface area contributed by atoms with Crippen molar-refractivity contribution < 1.29 is 4.42 Å². The van der Waals surface area contributed by atoms with Crippen molar-refractivity contribution >= 4 is 17.2 Å². The van der Waals surface area contributed by atoms with Crippen LogP contribution in [0.25, 0.3) is 17.2 Å². The molecule has 0 radical (unpaired) electrons. The molecule has 4 aliphatic carbocycles. The predicted octanol–water partition coefficient (Wildman–Crippen LogP) is 4.67. The summed E-state index contributed by atoms with van der Waals surface area (Å²) in [7, 11) is 0. The highest BCUT2D eigenvalue weighted by Gasteiger charge is 2.45. The molecule has 4 bridgehead atoms.